The molecule has 1 fully saturated rings. The summed E-state index contributed by atoms with van der Waals surface area (Å²) >= 11 is 0. The monoisotopic (exact) mass is 398 g/mol. The van der Waals surface area contributed by atoms with Gasteiger partial charge in [-0.05, 0) is 30.5 Å². The standard InChI is InChI=1S/C22H30N4OS/c1-23-22(24-14-16-28(27)18-19-9-4-2-5-10-19)25-20-11-8-15-26(17-20)21-12-6-3-7-13-21/h2-7,9-10,12-13,20H,8,11,14-18H2,1H3,(H2,23,24,25). The van der Waals surface area contributed by atoms with Gasteiger partial charge in [0.05, 0.1) is 0 Å². The van der Waals surface area contributed by atoms with Crippen molar-refractivity contribution in [1.82, 2.24) is 10.6 Å². The number of hydrogen-bond donors (Lipinski definition) is 2. The van der Waals surface area contributed by atoms with E-state index < -0.39 is 10.8 Å². The van der Waals surface area contributed by atoms with Gasteiger partial charge in [-0.2, -0.15) is 0 Å². The van der Waals surface area contributed by atoms with Crippen LogP contribution in [0.25, 0.3) is 0 Å². The lowest BCUT2D eigenvalue weighted by molar-refractivity contribution is 0.468. The summed E-state index contributed by atoms with van der Waals surface area (Å²) in [5, 5.41) is 6.84. The van der Waals surface area contributed by atoms with Crippen LogP contribution in [-0.2, 0) is 16.6 Å². The number of nitrogens with one attached hydrogen (secondary N) is 2. The van der Waals surface area contributed by atoms with E-state index in [1.807, 2.05) is 30.3 Å². The molecule has 0 aliphatic carbocycles. The molecule has 1 saturated heterocycles. The highest BCUT2D eigenvalue weighted by molar-refractivity contribution is 7.84. The molecule has 3 rings (SSSR count). The average Bonchev–Trinajstić information content (AvgIpc) is 2.74. The number of benzene rings is 2. The number of guanidine groups is 1. The molecule has 2 atom stereocenters. The first-order valence-electron chi connectivity index (χ1n) is 9.90. The average molecular weight is 399 g/mol. The van der Waals surface area contributed by atoms with Crippen molar-refractivity contribution in [3.63, 3.8) is 0 Å². The van der Waals surface area contributed by atoms with Crippen molar-refractivity contribution in [1.29, 1.82) is 0 Å². The first kappa shape index (κ1) is 20.4. The van der Waals surface area contributed by atoms with E-state index in [1.165, 1.54) is 5.69 Å². The van der Waals surface area contributed by atoms with Crippen LogP contribution in [-0.4, -0.2) is 48.6 Å². The number of para-hydroxylation sites is 1. The Morgan fingerprint density at radius 2 is 1.86 bits per heavy atom. The number of piperidine rings is 1. The SMILES string of the molecule is CN=C(NCCS(=O)Cc1ccccc1)NC1CCCN(c2ccccc2)C1. The first-order chi connectivity index (χ1) is 13.7. The zero-order valence-corrected chi connectivity index (χ0v) is 17.3. The van der Waals surface area contributed by atoms with E-state index in [9.17, 15) is 4.21 Å². The number of hydrogen-bond acceptors (Lipinski definition) is 3. The van der Waals surface area contributed by atoms with Crippen LogP contribution in [0.15, 0.2) is 65.7 Å². The van der Waals surface area contributed by atoms with Crippen molar-refractivity contribution < 1.29 is 4.21 Å². The minimum absolute atomic E-state index is 0.356. The summed E-state index contributed by atoms with van der Waals surface area (Å²) < 4.78 is 12.3. The summed E-state index contributed by atoms with van der Waals surface area (Å²) in [6.45, 7) is 2.70. The fraction of sp³-hybridized carbons (Fsp3) is 0.409. The second kappa shape index (κ2) is 10.9. The van der Waals surface area contributed by atoms with Crippen LogP contribution in [0.5, 0.6) is 0 Å². The topological polar surface area (TPSA) is 56.7 Å². The lowest BCUT2D eigenvalue weighted by Crippen LogP contribution is -2.51. The smallest absolute Gasteiger partial charge is 0.191 e. The predicted octanol–water partition coefficient (Wildman–Crippen LogP) is 2.77. The van der Waals surface area contributed by atoms with E-state index in [2.05, 4.69) is 50.9 Å². The highest BCUT2D eigenvalue weighted by Gasteiger charge is 2.20. The van der Waals surface area contributed by atoms with Crippen LogP contribution in [0.1, 0.15) is 18.4 Å². The zero-order chi connectivity index (χ0) is 19.6. The molecule has 0 bridgehead atoms. The predicted molar refractivity (Wildman–Crippen MR) is 119 cm³/mol. The summed E-state index contributed by atoms with van der Waals surface area (Å²) in [5.74, 6) is 2.00. The lowest BCUT2D eigenvalue weighted by Gasteiger charge is -2.35. The molecular formula is C22H30N4OS. The van der Waals surface area contributed by atoms with Gasteiger partial charge in [-0.3, -0.25) is 9.20 Å². The molecule has 2 N–H and O–H groups in total. The molecule has 0 aromatic heterocycles. The Bertz CT molecular complexity index is 767. The highest BCUT2D eigenvalue weighted by Crippen LogP contribution is 2.19. The van der Waals surface area contributed by atoms with E-state index in [0.29, 0.717) is 24.1 Å². The van der Waals surface area contributed by atoms with Gasteiger partial charge in [0, 0.05) is 60.7 Å². The van der Waals surface area contributed by atoms with Gasteiger partial charge in [-0.1, -0.05) is 48.5 Å². The van der Waals surface area contributed by atoms with E-state index in [-0.39, 0.29) is 0 Å². The summed E-state index contributed by atoms with van der Waals surface area (Å²) in [5.41, 5.74) is 2.39. The number of anilines is 1. The Labute approximate surface area is 170 Å². The molecule has 1 heterocycles. The van der Waals surface area contributed by atoms with Crippen molar-refractivity contribution >= 4 is 22.4 Å². The van der Waals surface area contributed by atoms with Crippen LogP contribution < -0.4 is 15.5 Å². The second-order valence-electron chi connectivity index (χ2n) is 7.04. The number of rotatable bonds is 7. The molecule has 2 aromatic carbocycles. The third-order valence-corrected chi connectivity index (χ3v) is 6.21. The second-order valence-corrected chi connectivity index (χ2v) is 8.61. The fourth-order valence-electron chi connectivity index (χ4n) is 3.47. The maximum Gasteiger partial charge on any atom is 0.191 e. The quantitative estimate of drug-likeness (QED) is 0.556. The fourth-order valence-corrected chi connectivity index (χ4v) is 4.51. The normalized spacial score (nSPS) is 18.5. The van der Waals surface area contributed by atoms with Gasteiger partial charge >= 0.3 is 0 Å². The molecule has 5 nitrogen and oxygen atoms in total. The molecule has 0 amide bonds. The Balaban J connectivity index is 1.42. The Kier molecular flexibility index (Phi) is 7.91. The van der Waals surface area contributed by atoms with Crippen molar-refractivity contribution in [2.24, 2.45) is 4.99 Å². The van der Waals surface area contributed by atoms with Crippen molar-refractivity contribution in [2.75, 3.05) is 37.3 Å². The van der Waals surface area contributed by atoms with Gasteiger partial charge in [-0.25, -0.2) is 0 Å². The van der Waals surface area contributed by atoms with Crippen LogP contribution in [0.3, 0.4) is 0 Å². The molecule has 6 heteroatoms. The molecule has 1 aliphatic heterocycles. The number of nitrogens with zero attached hydrogens (tertiary/aromatic N) is 2. The summed E-state index contributed by atoms with van der Waals surface area (Å²) in [6.07, 6.45) is 2.29. The highest BCUT2D eigenvalue weighted by atomic mass is 32.2. The van der Waals surface area contributed by atoms with Gasteiger partial charge in [0.15, 0.2) is 5.96 Å². The molecule has 0 spiro atoms. The van der Waals surface area contributed by atoms with Gasteiger partial charge in [0.2, 0.25) is 0 Å². The third-order valence-electron chi connectivity index (χ3n) is 4.90. The van der Waals surface area contributed by atoms with Crippen molar-refractivity contribution in [3.05, 3.63) is 66.2 Å². The van der Waals surface area contributed by atoms with E-state index >= 15 is 0 Å². The van der Waals surface area contributed by atoms with E-state index in [1.54, 1.807) is 7.05 Å². The van der Waals surface area contributed by atoms with Gasteiger partial charge in [-0.15, -0.1) is 0 Å². The minimum Gasteiger partial charge on any atom is -0.369 e. The van der Waals surface area contributed by atoms with Crippen molar-refractivity contribution in [2.45, 2.75) is 24.6 Å². The Hall–Kier alpha value is -2.34. The molecular weight excluding hydrogens is 368 g/mol. The van der Waals surface area contributed by atoms with Crippen LogP contribution >= 0.6 is 0 Å². The number of aliphatic imine (C=N–C) groups is 1. The minimum atomic E-state index is -0.880. The molecule has 2 aromatic rings. The first-order valence-corrected chi connectivity index (χ1v) is 11.4. The van der Waals surface area contributed by atoms with Crippen molar-refractivity contribution in [3.8, 4) is 0 Å². The van der Waals surface area contributed by atoms with Gasteiger partial charge < -0.3 is 15.5 Å². The van der Waals surface area contributed by atoms with Crippen LogP contribution in [0.2, 0.25) is 0 Å². The van der Waals surface area contributed by atoms with Gasteiger partial charge in [0.25, 0.3) is 0 Å². The van der Waals surface area contributed by atoms with Crippen LogP contribution in [0.4, 0.5) is 5.69 Å². The van der Waals surface area contributed by atoms with E-state index in [0.717, 1.165) is 37.5 Å². The van der Waals surface area contributed by atoms with Crippen LogP contribution in [0, 0.1) is 0 Å². The molecule has 150 valence electrons. The summed E-state index contributed by atoms with van der Waals surface area (Å²) in [7, 11) is 0.906. The molecule has 0 radical (unpaired) electrons. The lowest BCUT2D eigenvalue weighted by atomic mass is 10.1. The molecule has 2 unspecified atom stereocenters. The zero-order valence-electron chi connectivity index (χ0n) is 16.5. The maximum absolute atomic E-state index is 12.3. The summed E-state index contributed by atoms with van der Waals surface area (Å²) in [4.78, 5) is 6.76. The van der Waals surface area contributed by atoms with Gasteiger partial charge in [0.1, 0.15) is 0 Å². The van der Waals surface area contributed by atoms with E-state index in [4.69, 9.17) is 0 Å². The molecule has 1 aliphatic rings. The summed E-state index contributed by atoms with van der Waals surface area (Å²) in [6, 6.07) is 20.9. The largest absolute Gasteiger partial charge is 0.369 e. The Morgan fingerprint density at radius 1 is 1.14 bits per heavy atom. The molecule has 28 heavy (non-hydrogen) atoms. The third kappa shape index (κ3) is 6.37. The maximum atomic E-state index is 12.3. The Morgan fingerprint density at radius 3 is 2.57 bits per heavy atom. The molecule has 0 saturated carbocycles.